The van der Waals surface area contributed by atoms with E-state index in [0.717, 1.165) is 28.7 Å². The van der Waals surface area contributed by atoms with Gasteiger partial charge >= 0.3 is 0 Å². The minimum absolute atomic E-state index is 0.0233. The van der Waals surface area contributed by atoms with Crippen molar-refractivity contribution >= 4 is 68.9 Å². The monoisotopic (exact) mass is 788 g/mol. The van der Waals surface area contributed by atoms with Gasteiger partial charge in [-0.15, -0.1) is 0 Å². The number of hydrogen-bond donors (Lipinski definition) is 0. The highest BCUT2D eigenvalue weighted by atomic mass is 15.3. The summed E-state index contributed by atoms with van der Waals surface area (Å²) in [4.78, 5) is 13.5. The standard InChI is InChI=1S/C55H61BN4/c1-51(2,3)36-22-26-40(27-23-36)58(41-28-24-37(25-29-41)52(4,5)6)47-31-30-44-50(57-47)59(39-18-13-12-14-19-39)45-34-38(53(7,8)9)35-46-48(45)56(44)43-21-17-20-42-49(43)60(46)55(11)33-16-15-32-54(42,55)10/h12-14,17-31,34-35H,15-16,32-33H2,1-11H3. The Morgan fingerprint density at radius 2 is 1.17 bits per heavy atom. The van der Waals surface area contributed by atoms with Gasteiger partial charge in [-0.1, -0.05) is 149 Å². The molecule has 4 heterocycles. The molecule has 4 aliphatic rings. The average molecular weight is 789 g/mol. The van der Waals surface area contributed by atoms with Crippen LogP contribution in [0.2, 0.25) is 0 Å². The van der Waals surface area contributed by atoms with Gasteiger partial charge in [0, 0.05) is 39.5 Å². The van der Waals surface area contributed by atoms with Crippen molar-refractivity contribution in [1.29, 1.82) is 0 Å². The Morgan fingerprint density at radius 3 is 1.77 bits per heavy atom. The lowest BCUT2D eigenvalue weighted by molar-refractivity contribution is 0.195. The highest BCUT2D eigenvalue weighted by Crippen LogP contribution is 2.62. The molecular weight excluding hydrogens is 727 g/mol. The van der Waals surface area contributed by atoms with Gasteiger partial charge in [0.2, 0.25) is 0 Å². The summed E-state index contributed by atoms with van der Waals surface area (Å²) in [6, 6.07) is 46.2. The largest absolute Gasteiger partial charge is 0.335 e. The third-order valence-electron chi connectivity index (χ3n) is 14.9. The molecule has 0 bridgehead atoms. The summed E-state index contributed by atoms with van der Waals surface area (Å²) in [6.07, 6.45) is 4.93. The molecule has 10 rings (SSSR count). The molecular formula is C55H61BN4. The second-order valence-corrected chi connectivity index (χ2v) is 21.7. The lowest BCUT2D eigenvalue weighted by atomic mass is 9.33. The highest BCUT2D eigenvalue weighted by Gasteiger charge is 2.61. The van der Waals surface area contributed by atoms with Crippen molar-refractivity contribution < 1.29 is 0 Å². The molecule has 4 nitrogen and oxygen atoms in total. The van der Waals surface area contributed by atoms with Gasteiger partial charge in [0.15, 0.2) is 0 Å². The Hall–Kier alpha value is -5.29. The molecule has 5 aromatic carbocycles. The molecule has 0 spiro atoms. The zero-order valence-electron chi connectivity index (χ0n) is 37.7. The van der Waals surface area contributed by atoms with Gasteiger partial charge in [-0.25, -0.2) is 4.98 Å². The first kappa shape index (κ1) is 38.9. The Labute approximate surface area is 359 Å². The Balaban J connectivity index is 1.25. The number of aromatic nitrogens is 1. The van der Waals surface area contributed by atoms with E-state index in [1.807, 2.05) is 0 Å². The van der Waals surface area contributed by atoms with E-state index in [0.29, 0.717) is 0 Å². The van der Waals surface area contributed by atoms with E-state index in [4.69, 9.17) is 4.98 Å². The predicted octanol–water partition coefficient (Wildman–Crippen LogP) is 12.8. The zero-order valence-corrected chi connectivity index (χ0v) is 37.7. The van der Waals surface area contributed by atoms with E-state index in [2.05, 4.69) is 212 Å². The number of nitrogens with zero attached hydrogens (tertiary/aromatic N) is 4. The Kier molecular flexibility index (Phi) is 8.50. The maximum absolute atomic E-state index is 5.88. The third kappa shape index (κ3) is 5.67. The summed E-state index contributed by atoms with van der Waals surface area (Å²) in [5.74, 6) is 1.90. The molecule has 1 aromatic heterocycles. The number of para-hydroxylation sites is 2. The first-order valence-corrected chi connectivity index (χ1v) is 22.4. The third-order valence-corrected chi connectivity index (χ3v) is 14.9. The van der Waals surface area contributed by atoms with Gasteiger partial charge in [0.05, 0.1) is 5.54 Å². The lowest BCUT2D eigenvalue weighted by Crippen LogP contribution is -2.64. The quantitative estimate of drug-likeness (QED) is 0.166. The van der Waals surface area contributed by atoms with Crippen LogP contribution in [0.1, 0.15) is 124 Å². The summed E-state index contributed by atoms with van der Waals surface area (Å²) in [5.41, 5.74) is 17.0. The Morgan fingerprint density at radius 1 is 0.583 bits per heavy atom. The molecule has 1 aliphatic carbocycles. The van der Waals surface area contributed by atoms with Crippen LogP contribution in [0.5, 0.6) is 0 Å². The molecule has 0 N–H and O–H groups in total. The number of rotatable bonds is 4. The molecule has 1 fully saturated rings. The fraction of sp³-hybridized carbons (Fsp3) is 0.364. The maximum atomic E-state index is 5.88. The van der Waals surface area contributed by atoms with Gasteiger partial charge in [0.25, 0.3) is 6.71 Å². The SMILES string of the molecule is CC(C)(C)c1ccc(N(c2ccc(C(C)(C)C)cc2)c2ccc3c(n2)N(c2ccccc2)c2cc(C(C)(C)C)cc4c2B3c2cccc3c2N4C2(C)CCCCC32C)cc1. The zero-order chi connectivity index (χ0) is 42.1. The van der Waals surface area contributed by atoms with E-state index in [1.54, 1.807) is 0 Å². The number of anilines is 8. The van der Waals surface area contributed by atoms with Crippen LogP contribution in [0.3, 0.4) is 0 Å². The van der Waals surface area contributed by atoms with Crippen molar-refractivity contribution in [2.75, 3.05) is 14.7 Å². The summed E-state index contributed by atoms with van der Waals surface area (Å²) in [7, 11) is 0. The van der Waals surface area contributed by atoms with Crippen molar-refractivity contribution in [2.45, 2.75) is 129 Å². The molecule has 60 heavy (non-hydrogen) atoms. The van der Waals surface area contributed by atoms with Crippen molar-refractivity contribution in [3.8, 4) is 0 Å². The average Bonchev–Trinajstić information content (AvgIpc) is 3.43. The van der Waals surface area contributed by atoms with Crippen molar-refractivity contribution in [3.63, 3.8) is 0 Å². The maximum Gasteiger partial charge on any atom is 0.254 e. The van der Waals surface area contributed by atoms with Crippen molar-refractivity contribution in [2.24, 2.45) is 0 Å². The van der Waals surface area contributed by atoms with Gasteiger partial charge in [-0.05, 0) is 129 Å². The summed E-state index contributed by atoms with van der Waals surface area (Å²) in [6.45, 7) is 26.0. The van der Waals surface area contributed by atoms with Crippen molar-refractivity contribution in [1.82, 2.24) is 4.98 Å². The van der Waals surface area contributed by atoms with Crippen molar-refractivity contribution in [3.05, 3.63) is 144 Å². The normalized spacial score (nSPS) is 20.4. The first-order valence-electron chi connectivity index (χ1n) is 22.4. The molecule has 0 radical (unpaired) electrons. The molecule has 6 aromatic rings. The minimum atomic E-state index is -0.0650. The Bertz CT molecular complexity index is 2590. The highest BCUT2D eigenvalue weighted by molar-refractivity contribution is 7.00. The number of pyridine rings is 1. The topological polar surface area (TPSA) is 22.6 Å². The number of benzene rings is 5. The fourth-order valence-electron chi connectivity index (χ4n) is 11.2. The fourth-order valence-corrected chi connectivity index (χ4v) is 11.2. The minimum Gasteiger partial charge on any atom is -0.335 e. The summed E-state index contributed by atoms with van der Waals surface area (Å²) >= 11 is 0. The van der Waals surface area contributed by atoms with Crippen LogP contribution in [-0.4, -0.2) is 17.2 Å². The second kappa shape index (κ2) is 13.1. The molecule has 1 saturated carbocycles. The number of hydrogen-bond acceptors (Lipinski definition) is 4. The smallest absolute Gasteiger partial charge is 0.254 e. The lowest BCUT2D eigenvalue weighted by Gasteiger charge is -2.53. The van der Waals surface area contributed by atoms with Crippen LogP contribution in [0.15, 0.2) is 121 Å². The molecule has 304 valence electrons. The molecule has 3 aliphatic heterocycles. The predicted molar refractivity (Wildman–Crippen MR) is 257 cm³/mol. The van der Waals surface area contributed by atoms with Gasteiger partial charge in [-0.3, -0.25) is 9.80 Å². The van der Waals surface area contributed by atoms with Crippen LogP contribution in [0.4, 0.5) is 45.8 Å². The van der Waals surface area contributed by atoms with Gasteiger partial charge in [0.1, 0.15) is 11.6 Å². The second-order valence-electron chi connectivity index (χ2n) is 21.7. The van der Waals surface area contributed by atoms with Crippen LogP contribution < -0.4 is 31.1 Å². The summed E-state index contributed by atoms with van der Waals surface area (Å²) < 4.78 is 0. The van der Waals surface area contributed by atoms with Crippen LogP contribution in [0, 0.1) is 0 Å². The molecule has 0 amide bonds. The van der Waals surface area contributed by atoms with Gasteiger partial charge in [-0.2, -0.15) is 0 Å². The van der Waals surface area contributed by atoms with Crippen LogP contribution in [0.25, 0.3) is 0 Å². The molecule has 2 unspecified atom stereocenters. The molecule has 2 atom stereocenters. The van der Waals surface area contributed by atoms with Gasteiger partial charge < -0.3 is 4.90 Å². The van der Waals surface area contributed by atoms with E-state index in [1.165, 1.54) is 81.4 Å². The van der Waals surface area contributed by atoms with E-state index in [9.17, 15) is 0 Å². The van der Waals surface area contributed by atoms with E-state index < -0.39 is 0 Å². The molecule has 5 heteroatoms. The molecule has 0 saturated heterocycles. The summed E-state index contributed by atoms with van der Waals surface area (Å²) in [5, 5.41) is 0. The first-order chi connectivity index (χ1) is 28.4. The number of fused-ring (bicyclic) bond motifs is 7. The van der Waals surface area contributed by atoms with Crippen LogP contribution >= 0.6 is 0 Å². The van der Waals surface area contributed by atoms with Crippen LogP contribution in [-0.2, 0) is 21.7 Å². The van der Waals surface area contributed by atoms with E-state index in [-0.39, 0.29) is 33.9 Å². The van der Waals surface area contributed by atoms with E-state index >= 15 is 0 Å².